The van der Waals surface area contributed by atoms with Crippen molar-refractivity contribution < 1.29 is 24.2 Å². The molecular weight excluding hydrogens is 514 g/mol. The number of likely N-dealkylation sites (tertiary alicyclic amines) is 1. The van der Waals surface area contributed by atoms with E-state index in [4.69, 9.17) is 9.47 Å². The summed E-state index contributed by atoms with van der Waals surface area (Å²) in [4.78, 5) is 28.5. The summed E-state index contributed by atoms with van der Waals surface area (Å²) in [6.45, 7) is 11.9. The van der Waals surface area contributed by atoms with Crippen molar-refractivity contribution in [2.24, 2.45) is 0 Å². The number of hydrogen-bond donors (Lipinski definition) is 1. The molecule has 41 heavy (non-hydrogen) atoms. The van der Waals surface area contributed by atoms with Gasteiger partial charge in [0.1, 0.15) is 17.3 Å². The van der Waals surface area contributed by atoms with E-state index in [1.54, 1.807) is 29.2 Å². The molecule has 1 aliphatic heterocycles. The SMILES string of the molecule is CCCCCOc1ccc(/C(O)=C2/C(=O)C(=O)N(Cc3ccc(OCC)cc3)C2c2ccc(C(C)(C)C)cc2)cc1. The second kappa shape index (κ2) is 13.1. The van der Waals surface area contributed by atoms with Gasteiger partial charge >= 0.3 is 0 Å². The topological polar surface area (TPSA) is 76.1 Å². The van der Waals surface area contributed by atoms with Gasteiger partial charge in [0, 0.05) is 12.1 Å². The molecule has 3 aromatic carbocycles. The van der Waals surface area contributed by atoms with E-state index in [1.807, 2.05) is 55.5 Å². The second-order valence-electron chi connectivity index (χ2n) is 11.5. The summed E-state index contributed by atoms with van der Waals surface area (Å²) in [5, 5.41) is 11.5. The van der Waals surface area contributed by atoms with Crippen LogP contribution in [0.5, 0.6) is 11.5 Å². The number of benzene rings is 3. The monoisotopic (exact) mass is 555 g/mol. The number of nitrogens with zero attached hydrogens (tertiary/aromatic N) is 1. The lowest BCUT2D eigenvalue weighted by Crippen LogP contribution is -2.29. The van der Waals surface area contributed by atoms with Gasteiger partial charge in [0.15, 0.2) is 0 Å². The third-order valence-corrected chi connectivity index (χ3v) is 7.36. The van der Waals surface area contributed by atoms with E-state index in [1.165, 1.54) is 0 Å². The molecule has 1 saturated heterocycles. The number of Topliss-reactive ketones (excluding diaryl/α,β-unsaturated/α-hetero) is 1. The van der Waals surface area contributed by atoms with Crippen molar-refractivity contribution in [1.82, 2.24) is 4.90 Å². The van der Waals surface area contributed by atoms with Gasteiger partial charge in [0.2, 0.25) is 0 Å². The van der Waals surface area contributed by atoms with Gasteiger partial charge in [-0.3, -0.25) is 9.59 Å². The van der Waals surface area contributed by atoms with Gasteiger partial charge in [-0.1, -0.05) is 76.9 Å². The molecule has 1 heterocycles. The van der Waals surface area contributed by atoms with Crippen molar-refractivity contribution >= 4 is 17.4 Å². The molecule has 0 bridgehead atoms. The molecule has 0 radical (unpaired) electrons. The van der Waals surface area contributed by atoms with Gasteiger partial charge in [-0.15, -0.1) is 0 Å². The maximum atomic E-state index is 13.5. The van der Waals surface area contributed by atoms with Crippen LogP contribution in [0.25, 0.3) is 5.76 Å². The fourth-order valence-corrected chi connectivity index (χ4v) is 5.02. The van der Waals surface area contributed by atoms with Crippen LogP contribution in [0.3, 0.4) is 0 Å². The molecular formula is C35H41NO5. The number of aliphatic hydroxyl groups excluding tert-OH is 1. The molecule has 1 atom stereocenters. The second-order valence-corrected chi connectivity index (χ2v) is 11.5. The Balaban J connectivity index is 1.71. The van der Waals surface area contributed by atoms with E-state index < -0.39 is 17.7 Å². The number of amides is 1. The standard InChI is InChI=1S/C35H41NO5/c1-6-8-9-22-41-29-20-14-26(15-21-29)32(37)30-31(25-12-16-27(17-13-25)35(3,4)5)36(34(39)33(30)38)23-24-10-18-28(19-11-24)40-7-2/h10-21,31,37H,6-9,22-23H2,1-5H3/b32-30-. The normalized spacial score (nSPS) is 16.7. The average molecular weight is 556 g/mol. The third-order valence-electron chi connectivity index (χ3n) is 7.36. The Kier molecular flexibility index (Phi) is 9.53. The minimum atomic E-state index is -0.736. The van der Waals surface area contributed by atoms with Gasteiger partial charge < -0.3 is 19.5 Å². The van der Waals surface area contributed by atoms with E-state index >= 15 is 0 Å². The van der Waals surface area contributed by atoms with Crippen LogP contribution in [0.2, 0.25) is 0 Å². The van der Waals surface area contributed by atoms with Gasteiger partial charge in [0.05, 0.1) is 24.8 Å². The van der Waals surface area contributed by atoms with E-state index in [-0.39, 0.29) is 23.3 Å². The van der Waals surface area contributed by atoms with Gasteiger partial charge in [-0.2, -0.15) is 0 Å². The Labute approximate surface area is 243 Å². The summed E-state index contributed by atoms with van der Waals surface area (Å²) < 4.78 is 11.4. The van der Waals surface area contributed by atoms with E-state index in [0.29, 0.717) is 24.5 Å². The van der Waals surface area contributed by atoms with E-state index in [0.717, 1.165) is 41.7 Å². The molecule has 0 aromatic heterocycles. The number of carbonyl (C=O) groups excluding carboxylic acids is 2. The number of ketones is 1. The lowest BCUT2D eigenvalue weighted by molar-refractivity contribution is -0.140. The Morgan fingerprint density at radius 2 is 1.44 bits per heavy atom. The molecule has 216 valence electrons. The minimum absolute atomic E-state index is 0.0526. The van der Waals surface area contributed by atoms with Crippen LogP contribution >= 0.6 is 0 Å². The van der Waals surface area contributed by atoms with Crippen LogP contribution in [0.1, 0.15) is 82.2 Å². The molecule has 4 rings (SSSR count). The zero-order valence-corrected chi connectivity index (χ0v) is 24.8. The van der Waals surface area contributed by atoms with Crippen LogP contribution in [-0.2, 0) is 21.5 Å². The molecule has 1 amide bonds. The number of hydrogen-bond acceptors (Lipinski definition) is 5. The van der Waals surface area contributed by atoms with Gasteiger partial charge in [-0.25, -0.2) is 0 Å². The highest BCUT2D eigenvalue weighted by Gasteiger charge is 2.46. The fraction of sp³-hybridized carbons (Fsp3) is 0.371. The van der Waals surface area contributed by atoms with Gasteiger partial charge in [0.25, 0.3) is 11.7 Å². The van der Waals surface area contributed by atoms with Crippen molar-refractivity contribution in [1.29, 1.82) is 0 Å². The lowest BCUT2D eigenvalue weighted by atomic mass is 9.85. The molecule has 1 fully saturated rings. The van der Waals surface area contributed by atoms with Crippen LogP contribution in [0.15, 0.2) is 78.4 Å². The predicted molar refractivity (Wildman–Crippen MR) is 162 cm³/mol. The van der Waals surface area contributed by atoms with Crippen molar-refractivity contribution in [2.75, 3.05) is 13.2 Å². The Morgan fingerprint density at radius 1 is 0.829 bits per heavy atom. The van der Waals surface area contributed by atoms with Crippen molar-refractivity contribution in [3.05, 3.63) is 101 Å². The first-order chi connectivity index (χ1) is 19.6. The Bertz CT molecular complexity index is 1370. The summed E-state index contributed by atoms with van der Waals surface area (Å²) in [7, 11) is 0. The predicted octanol–water partition coefficient (Wildman–Crippen LogP) is 7.57. The Hall–Kier alpha value is -4.06. The number of ether oxygens (including phenoxy) is 2. The first-order valence-electron chi connectivity index (χ1n) is 14.5. The molecule has 6 nitrogen and oxygen atoms in total. The summed E-state index contributed by atoms with van der Waals surface area (Å²) >= 11 is 0. The highest BCUT2D eigenvalue weighted by molar-refractivity contribution is 6.46. The quantitative estimate of drug-likeness (QED) is 0.114. The highest BCUT2D eigenvalue weighted by atomic mass is 16.5. The number of unbranched alkanes of at least 4 members (excludes halogenated alkanes) is 2. The smallest absolute Gasteiger partial charge is 0.295 e. The molecule has 0 spiro atoms. The maximum absolute atomic E-state index is 13.5. The van der Waals surface area contributed by atoms with Gasteiger partial charge in [-0.05, 0) is 71.8 Å². The molecule has 0 saturated carbocycles. The molecule has 3 aromatic rings. The summed E-state index contributed by atoms with van der Waals surface area (Å²) in [6.07, 6.45) is 3.20. The first-order valence-corrected chi connectivity index (χ1v) is 14.5. The van der Waals surface area contributed by atoms with Crippen LogP contribution < -0.4 is 9.47 Å². The van der Waals surface area contributed by atoms with Crippen molar-refractivity contribution in [3.8, 4) is 11.5 Å². The Morgan fingerprint density at radius 3 is 2.02 bits per heavy atom. The number of carbonyl (C=O) groups is 2. The molecule has 1 aliphatic rings. The third kappa shape index (κ3) is 6.99. The lowest BCUT2D eigenvalue weighted by Gasteiger charge is -2.26. The highest BCUT2D eigenvalue weighted by Crippen LogP contribution is 2.41. The van der Waals surface area contributed by atoms with E-state index in [9.17, 15) is 14.7 Å². The largest absolute Gasteiger partial charge is 0.507 e. The van der Waals surface area contributed by atoms with E-state index in [2.05, 4.69) is 27.7 Å². The van der Waals surface area contributed by atoms with Crippen molar-refractivity contribution in [2.45, 2.75) is 71.9 Å². The molecule has 0 aliphatic carbocycles. The average Bonchev–Trinajstić information content (AvgIpc) is 3.21. The van der Waals surface area contributed by atoms with Crippen LogP contribution in [-0.4, -0.2) is 34.9 Å². The zero-order chi connectivity index (χ0) is 29.6. The summed E-state index contributed by atoms with van der Waals surface area (Å²) in [6, 6.07) is 21.7. The molecule has 6 heteroatoms. The number of rotatable bonds is 11. The zero-order valence-electron chi connectivity index (χ0n) is 24.8. The number of aliphatic hydroxyl groups is 1. The summed E-state index contributed by atoms with van der Waals surface area (Å²) in [5.41, 5.74) is 3.25. The van der Waals surface area contributed by atoms with Crippen LogP contribution in [0, 0.1) is 0 Å². The minimum Gasteiger partial charge on any atom is -0.507 e. The molecule has 1 N–H and O–H groups in total. The molecule has 1 unspecified atom stereocenters. The maximum Gasteiger partial charge on any atom is 0.295 e. The summed E-state index contributed by atoms with van der Waals surface area (Å²) in [5.74, 6) is -0.0900. The van der Waals surface area contributed by atoms with Crippen LogP contribution in [0.4, 0.5) is 0 Å². The fourth-order valence-electron chi connectivity index (χ4n) is 5.02. The van der Waals surface area contributed by atoms with Crippen molar-refractivity contribution in [3.63, 3.8) is 0 Å². The first kappa shape index (κ1) is 29.9.